The molecule has 2 heterocycles. The Labute approximate surface area is 177 Å². The summed E-state index contributed by atoms with van der Waals surface area (Å²) in [6.07, 6.45) is 4.56. The van der Waals surface area contributed by atoms with Crippen LogP contribution in [0.4, 0.5) is 5.69 Å². The Hall–Kier alpha value is -1.81. The molecule has 1 aliphatic heterocycles. The molecule has 0 spiro atoms. The third-order valence-electron chi connectivity index (χ3n) is 6.17. The van der Waals surface area contributed by atoms with Crippen molar-refractivity contribution in [2.24, 2.45) is 0 Å². The van der Waals surface area contributed by atoms with Crippen molar-refractivity contribution in [1.29, 1.82) is 0 Å². The van der Waals surface area contributed by atoms with E-state index >= 15 is 0 Å². The predicted molar refractivity (Wildman–Crippen MR) is 124 cm³/mol. The lowest BCUT2D eigenvalue weighted by Gasteiger charge is -2.37. The van der Waals surface area contributed by atoms with Gasteiger partial charge in [0.1, 0.15) is 0 Å². The number of hydrogen-bond acceptors (Lipinski definition) is 3. The third-order valence-corrected chi connectivity index (χ3v) is 6.17. The lowest BCUT2D eigenvalue weighted by molar-refractivity contribution is 0.254. The normalized spacial score (nSPS) is 15.9. The molecule has 3 rings (SSSR count). The van der Waals surface area contributed by atoms with Gasteiger partial charge in [-0.25, -0.2) is 0 Å². The number of rotatable bonds is 7. The Kier molecular flexibility index (Phi) is 7.05. The van der Waals surface area contributed by atoms with E-state index in [1.54, 1.807) is 0 Å². The molecule has 4 nitrogen and oxygen atoms in total. The van der Waals surface area contributed by atoms with Crippen LogP contribution >= 0.6 is 0 Å². The summed E-state index contributed by atoms with van der Waals surface area (Å²) in [7, 11) is 0. The van der Waals surface area contributed by atoms with Gasteiger partial charge in [-0.3, -0.25) is 9.58 Å². The molecule has 160 valence electrons. The highest BCUT2D eigenvalue weighted by Crippen LogP contribution is 2.24. The van der Waals surface area contributed by atoms with Crippen molar-refractivity contribution in [1.82, 2.24) is 14.7 Å². The molecule has 0 unspecified atom stereocenters. The molecule has 0 saturated carbocycles. The van der Waals surface area contributed by atoms with Crippen LogP contribution < -0.4 is 4.90 Å². The first kappa shape index (κ1) is 21.9. The first-order valence-electron chi connectivity index (χ1n) is 11.4. The summed E-state index contributed by atoms with van der Waals surface area (Å²) in [6, 6.07) is 9.01. The Morgan fingerprint density at radius 2 is 1.72 bits per heavy atom. The maximum atomic E-state index is 4.94. The second-order valence-electron chi connectivity index (χ2n) is 9.61. The van der Waals surface area contributed by atoms with Crippen molar-refractivity contribution in [3.8, 4) is 0 Å². The second kappa shape index (κ2) is 9.34. The van der Waals surface area contributed by atoms with Crippen LogP contribution in [0.5, 0.6) is 0 Å². The summed E-state index contributed by atoms with van der Waals surface area (Å²) in [4.78, 5) is 5.18. The van der Waals surface area contributed by atoms with Gasteiger partial charge in [0.15, 0.2) is 0 Å². The maximum absolute atomic E-state index is 4.94. The van der Waals surface area contributed by atoms with E-state index in [1.165, 1.54) is 47.6 Å². The molecule has 0 N–H and O–H groups in total. The van der Waals surface area contributed by atoms with E-state index in [4.69, 9.17) is 5.10 Å². The molecule has 1 aromatic carbocycles. The van der Waals surface area contributed by atoms with Crippen LogP contribution in [0.2, 0.25) is 0 Å². The zero-order valence-corrected chi connectivity index (χ0v) is 19.5. The van der Waals surface area contributed by atoms with Crippen LogP contribution in [-0.4, -0.2) is 47.4 Å². The van der Waals surface area contributed by atoms with Crippen LogP contribution in [0.25, 0.3) is 0 Å². The number of hydrogen-bond donors (Lipinski definition) is 0. The smallest absolute Gasteiger partial charge is 0.0628 e. The molecule has 2 aromatic rings. The standard InChI is InChI=1S/C25H40N4/c1-7-10-23-19-22(26-29(23)25(4,5)6)12-9-14-27-15-17-28(18-16-27)24-13-8-11-20(2)21(24)3/h8,11,13,19H,7,9-10,12,14-18H2,1-6H3. The zero-order valence-electron chi connectivity index (χ0n) is 19.5. The number of benzene rings is 1. The van der Waals surface area contributed by atoms with Crippen molar-refractivity contribution in [2.45, 2.75) is 72.8 Å². The van der Waals surface area contributed by atoms with Gasteiger partial charge in [-0.15, -0.1) is 0 Å². The van der Waals surface area contributed by atoms with Crippen LogP contribution in [0, 0.1) is 13.8 Å². The van der Waals surface area contributed by atoms with Gasteiger partial charge in [0, 0.05) is 37.6 Å². The van der Waals surface area contributed by atoms with E-state index < -0.39 is 0 Å². The van der Waals surface area contributed by atoms with E-state index in [0.717, 1.165) is 39.0 Å². The molecule has 4 heteroatoms. The van der Waals surface area contributed by atoms with Crippen molar-refractivity contribution in [2.75, 3.05) is 37.6 Å². The van der Waals surface area contributed by atoms with Crippen molar-refractivity contribution in [3.63, 3.8) is 0 Å². The minimum absolute atomic E-state index is 0.0625. The van der Waals surface area contributed by atoms with Crippen molar-refractivity contribution in [3.05, 3.63) is 46.8 Å². The fourth-order valence-electron chi connectivity index (χ4n) is 4.39. The molecule has 0 amide bonds. The van der Waals surface area contributed by atoms with E-state index in [-0.39, 0.29) is 5.54 Å². The van der Waals surface area contributed by atoms with Crippen LogP contribution in [0.15, 0.2) is 24.3 Å². The summed E-state index contributed by atoms with van der Waals surface area (Å²) in [6.45, 7) is 19.2. The molecular formula is C25H40N4. The first-order valence-corrected chi connectivity index (χ1v) is 11.4. The van der Waals surface area contributed by atoms with Gasteiger partial charge in [-0.1, -0.05) is 25.5 Å². The Morgan fingerprint density at radius 3 is 2.38 bits per heavy atom. The lowest BCUT2D eigenvalue weighted by atomic mass is 10.1. The molecule has 1 aromatic heterocycles. The Morgan fingerprint density at radius 1 is 1.00 bits per heavy atom. The van der Waals surface area contributed by atoms with E-state index in [9.17, 15) is 0 Å². The van der Waals surface area contributed by atoms with Crippen molar-refractivity contribution < 1.29 is 0 Å². The van der Waals surface area contributed by atoms with Gasteiger partial charge in [0.25, 0.3) is 0 Å². The Balaban J connectivity index is 1.49. The quantitative estimate of drug-likeness (QED) is 0.661. The first-order chi connectivity index (χ1) is 13.8. The molecule has 0 bridgehead atoms. The predicted octanol–water partition coefficient (Wildman–Crippen LogP) is 4.96. The number of nitrogens with zero attached hydrogens (tertiary/aromatic N) is 4. The highest BCUT2D eigenvalue weighted by Gasteiger charge is 2.20. The van der Waals surface area contributed by atoms with Crippen LogP contribution in [0.1, 0.15) is 63.1 Å². The summed E-state index contributed by atoms with van der Waals surface area (Å²) in [5.41, 5.74) is 6.95. The SMILES string of the molecule is CCCc1cc(CCCN2CCN(c3cccc(C)c3C)CC2)nn1C(C)(C)C. The maximum Gasteiger partial charge on any atom is 0.0628 e. The van der Waals surface area contributed by atoms with Gasteiger partial charge in [-0.05, 0) is 83.7 Å². The lowest BCUT2D eigenvalue weighted by Crippen LogP contribution is -2.47. The largest absolute Gasteiger partial charge is 0.369 e. The number of aromatic nitrogens is 2. The molecule has 0 aliphatic carbocycles. The molecule has 0 atom stereocenters. The monoisotopic (exact) mass is 396 g/mol. The zero-order chi connectivity index (χ0) is 21.0. The molecule has 0 radical (unpaired) electrons. The summed E-state index contributed by atoms with van der Waals surface area (Å²) < 4.78 is 2.24. The molecule has 1 saturated heterocycles. The van der Waals surface area contributed by atoms with Gasteiger partial charge in [0.05, 0.1) is 11.2 Å². The van der Waals surface area contributed by atoms with Gasteiger partial charge >= 0.3 is 0 Å². The minimum atomic E-state index is 0.0625. The highest BCUT2D eigenvalue weighted by molar-refractivity contribution is 5.56. The number of anilines is 1. The molecule has 1 fully saturated rings. The average Bonchev–Trinajstić information content (AvgIpc) is 3.08. The summed E-state index contributed by atoms with van der Waals surface area (Å²) >= 11 is 0. The number of piperazine rings is 1. The highest BCUT2D eigenvalue weighted by atomic mass is 15.3. The van der Waals surface area contributed by atoms with Gasteiger partial charge in [0.2, 0.25) is 0 Å². The van der Waals surface area contributed by atoms with E-state index in [2.05, 4.69) is 80.3 Å². The Bertz CT molecular complexity index is 792. The van der Waals surface area contributed by atoms with Crippen molar-refractivity contribution >= 4 is 5.69 Å². The minimum Gasteiger partial charge on any atom is -0.369 e. The fraction of sp³-hybridized carbons (Fsp3) is 0.640. The fourth-order valence-corrected chi connectivity index (χ4v) is 4.39. The van der Waals surface area contributed by atoms with Crippen LogP contribution in [-0.2, 0) is 18.4 Å². The van der Waals surface area contributed by atoms with E-state index in [1.807, 2.05) is 0 Å². The van der Waals surface area contributed by atoms with Gasteiger partial charge < -0.3 is 4.90 Å². The summed E-state index contributed by atoms with van der Waals surface area (Å²) in [5.74, 6) is 0. The third kappa shape index (κ3) is 5.42. The topological polar surface area (TPSA) is 24.3 Å². The van der Waals surface area contributed by atoms with E-state index in [0.29, 0.717) is 0 Å². The second-order valence-corrected chi connectivity index (χ2v) is 9.61. The van der Waals surface area contributed by atoms with Crippen LogP contribution in [0.3, 0.4) is 0 Å². The molecule has 29 heavy (non-hydrogen) atoms. The number of aryl methyl sites for hydroxylation is 3. The molecule has 1 aliphatic rings. The molecular weight excluding hydrogens is 356 g/mol. The summed E-state index contributed by atoms with van der Waals surface area (Å²) in [5, 5.41) is 4.94. The average molecular weight is 397 g/mol. The van der Waals surface area contributed by atoms with Gasteiger partial charge in [-0.2, -0.15) is 5.10 Å².